The molecule has 0 spiro atoms. The quantitative estimate of drug-likeness (QED) is 0.549. The molecule has 1 aromatic heterocycles. The van der Waals surface area contributed by atoms with E-state index in [0.717, 1.165) is 10.8 Å². The fourth-order valence-electron chi connectivity index (χ4n) is 1.13. The van der Waals surface area contributed by atoms with Crippen LogP contribution in [0.3, 0.4) is 0 Å². The van der Waals surface area contributed by atoms with Crippen molar-refractivity contribution in [3.05, 3.63) is 38.3 Å². The smallest absolute Gasteiger partial charge is 0.288 e. The summed E-state index contributed by atoms with van der Waals surface area (Å²) in [7, 11) is 0. The molecule has 1 heterocycles. The van der Waals surface area contributed by atoms with Crippen molar-refractivity contribution >= 4 is 5.69 Å². The Morgan fingerprint density at radius 3 is 2.79 bits per heavy atom. The molecule has 0 unspecified atom stereocenters. The number of hydrogen-bond donors (Lipinski definition) is 1. The van der Waals surface area contributed by atoms with E-state index in [2.05, 4.69) is 0 Å². The van der Waals surface area contributed by atoms with Crippen molar-refractivity contribution in [2.75, 3.05) is 6.61 Å². The maximum atomic E-state index is 11.2. The molecular weight excluding hydrogens is 188 g/mol. The lowest BCUT2D eigenvalue weighted by Crippen LogP contribution is -2.21. The number of nitro groups is 1. The molecule has 0 aromatic carbocycles. The zero-order chi connectivity index (χ0) is 10.7. The zero-order valence-electron chi connectivity index (χ0n) is 7.64. The summed E-state index contributed by atoms with van der Waals surface area (Å²) in [6, 6.07) is 1.19. The third-order valence-electron chi connectivity index (χ3n) is 1.84. The van der Waals surface area contributed by atoms with Gasteiger partial charge in [0.05, 0.1) is 17.7 Å². The van der Waals surface area contributed by atoms with E-state index in [0.29, 0.717) is 5.56 Å². The summed E-state index contributed by atoms with van der Waals surface area (Å²) in [5.41, 5.74) is -0.130. The van der Waals surface area contributed by atoms with Crippen LogP contribution in [0, 0.1) is 17.0 Å². The predicted octanol–water partition coefficient (Wildman–Crippen LogP) is 0.0572. The van der Waals surface area contributed by atoms with Crippen LogP contribution in [-0.2, 0) is 6.54 Å². The van der Waals surface area contributed by atoms with E-state index in [1.54, 1.807) is 0 Å². The van der Waals surface area contributed by atoms with E-state index < -0.39 is 4.92 Å². The van der Waals surface area contributed by atoms with Gasteiger partial charge < -0.3 is 9.67 Å². The molecule has 0 aliphatic carbocycles. The average molecular weight is 198 g/mol. The third-order valence-corrected chi connectivity index (χ3v) is 1.84. The number of aliphatic hydroxyl groups is 1. The molecular formula is C8H10N2O4. The van der Waals surface area contributed by atoms with E-state index in [1.165, 1.54) is 13.0 Å². The van der Waals surface area contributed by atoms with Gasteiger partial charge in [-0.3, -0.25) is 14.9 Å². The van der Waals surface area contributed by atoms with E-state index in [1.807, 2.05) is 0 Å². The number of aryl methyl sites for hydroxylation is 1. The Morgan fingerprint density at radius 2 is 2.29 bits per heavy atom. The molecule has 0 amide bonds. The Kier molecular flexibility index (Phi) is 2.98. The summed E-state index contributed by atoms with van der Waals surface area (Å²) in [5.74, 6) is 0. The van der Waals surface area contributed by atoms with Gasteiger partial charge in [0.15, 0.2) is 0 Å². The van der Waals surface area contributed by atoms with Gasteiger partial charge in [-0.1, -0.05) is 0 Å². The fraction of sp³-hybridized carbons (Fsp3) is 0.375. The molecule has 0 saturated carbocycles. The minimum atomic E-state index is -0.553. The lowest BCUT2D eigenvalue weighted by atomic mass is 10.2. The van der Waals surface area contributed by atoms with Gasteiger partial charge in [-0.15, -0.1) is 0 Å². The summed E-state index contributed by atoms with van der Waals surface area (Å²) >= 11 is 0. The van der Waals surface area contributed by atoms with Gasteiger partial charge in [-0.05, 0) is 6.92 Å². The molecule has 6 heteroatoms. The Bertz CT molecular complexity index is 410. The van der Waals surface area contributed by atoms with Crippen molar-refractivity contribution in [2.24, 2.45) is 0 Å². The molecule has 0 aliphatic heterocycles. The normalized spacial score (nSPS) is 10.1. The lowest BCUT2D eigenvalue weighted by Gasteiger charge is -2.03. The summed E-state index contributed by atoms with van der Waals surface area (Å²) < 4.78 is 1.12. The molecule has 0 atom stereocenters. The number of nitrogens with zero attached hydrogens (tertiary/aromatic N) is 2. The maximum absolute atomic E-state index is 11.2. The van der Waals surface area contributed by atoms with E-state index in [-0.39, 0.29) is 24.4 Å². The van der Waals surface area contributed by atoms with Crippen LogP contribution in [0.1, 0.15) is 5.56 Å². The van der Waals surface area contributed by atoms with Crippen molar-refractivity contribution in [1.29, 1.82) is 0 Å². The first kappa shape index (κ1) is 10.4. The molecule has 0 fully saturated rings. The van der Waals surface area contributed by atoms with Crippen LogP contribution in [0.25, 0.3) is 0 Å². The van der Waals surface area contributed by atoms with Crippen molar-refractivity contribution in [3.8, 4) is 0 Å². The number of hydrogen-bond acceptors (Lipinski definition) is 4. The van der Waals surface area contributed by atoms with Gasteiger partial charge in [0.25, 0.3) is 11.2 Å². The standard InChI is InChI=1S/C8H10N2O4/c1-6-4-8(12)9(2-3-11)5-7(6)10(13)14/h4-5,11H,2-3H2,1H3. The second kappa shape index (κ2) is 4.01. The van der Waals surface area contributed by atoms with Gasteiger partial charge in [0.1, 0.15) is 0 Å². The molecule has 1 aromatic rings. The first-order valence-corrected chi connectivity index (χ1v) is 4.02. The summed E-state index contributed by atoms with van der Waals surface area (Å²) in [4.78, 5) is 21.2. The van der Waals surface area contributed by atoms with Crippen molar-refractivity contribution in [3.63, 3.8) is 0 Å². The van der Waals surface area contributed by atoms with E-state index >= 15 is 0 Å². The van der Waals surface area contributed by atoms with Crippen LogP contribution in [-0.4, -0.2) is 21.2 Å². The predicted molar refractivity (Wildman–Crippen MR) is 49.2 cm³/mol. The van der Waals surface area contributed by atoms with Gasteiger partial charge in [0, 0.05) is 18.2 Å². The molecule has 0 bridgehead atoms. The molecule has 1 N–H and O–H groups in total. The number of pyridine rings is 1. The summed E-state index contributed by atoms with van der Waals surface area (Å²) in [6.45, 7) is 1.35. The first-order valence-electron chi connectivity index (χ1n) is 4.02. The third kappa shape index (κ3) is 1.97. The van der Waals surface area contributed by atoms with Crippen LogP contribution < -0.4 is 5.56 Å². The van der Waals surface area contributed by atoms with Crippen molar-refractivity contribution in [1.82, 2.24) is 4.57 Å². The molecule has 1 rings (SSSR count). The maximum Gasteiger partial charge on any atom is 0.288 e. The van der Waals surface area contributed by atoms with Crippen LogP contribution in [0.2, 0.25) is 0 Å². The van der Waals surface area contributed by atoms with E-state index in [9.17, 15) is 14.9 Å². The second-order valence-corrected chi connectivity index (χ2v) is 2.85. The number of rotatable bonds is 3. The Hall–Kier alpha value is -1.69. The molecule has 76 valence electrons. The second-order valence-electron chi connectivity index (χ2n) is 2.85. The van der Waals surface area contributed by atoms with Gasteiger partial charge >= 0.3 is 0 Å². The highest BCUT2D eigenvalue weighted by Gasteiger charge is 2.12. The highest BCUT2D eigenvalue weighted by molar-refractivity contribution is 5.35. The zero-order valence-corrected chi connectivity index (χ0v) is 7.64. The Labute approximate surface area is 79.6 Å². The summed E-state index contributed by atoms with van der Waals surface area (Å²) in [6.07, 6.45) is 1.15. The topological polar surface area (TPSA) is 85.4 Å². The Balaban J connectivity index is 3.27. The average Bonchev–Trinajstić information content (AvgIpc) is 2.09. The van der Waals surface area contributed by atoms with Crippen molar-refractivity contribution < 1.29 is 10.0 Å². The number of aromatic nitrogens is 1. The van der Waals surface area contributed by atoms with Crippen LogP contribution in [0.15, 0.2) is 17.1 Å². The number of aliphatic hydroxyl groups excluding tert-OH is 1. The minimum absolute atomic E-state index is 0.0694. The summed E-state index contributed by atoms with van der Waals surface area (Å²) in [5, 5.41) is 19.1. The molecule has 0 aliphatic rings. The highest BCUT2D eigenvalue weighted by atomic mass is 16.6. The van der Waals surface area contributed by atoms with Gasteiger partial charge in [0.2, 0.25) is 0 Å². The largest absolute Gasteiger partial charge is 0.395 e. The van der Waals surface area contributed by atoms with Crippen molar-refractivity contribution in [2.45, 2.75) is 13.5 Å². The van der Waals surface area contributed by atoms with Crippen LogP contribution in [0.5, 0.6) is 0 Å². The SMILES string of the molecule is Cc1cc(=O)n(CCO)cc1[N+](=O)[O-]. The molecule has 0 radical (unpaired) electrons. The fourth-order valence-corrected chi connectivity index (χ4v) is 1.13. The van der Waals surface area contributed by atoms with Gasteiger partial charge in [-0.25, -0.2) is 0 Å². The van der Waals surface area contributed by atoms with Crippen LogP contribution >= 0.6 is 0 Å². The van der Waals surface area contributed by atoms with Crippen LogP contribution in [0.4, 0.5) is 5.69 Å². The molecule has 6 nitrogen and oxygen atoms in total. The molecule has 14 heavy (non-hydrogen) atoms. The first-order chi connectivity index (χ1) is 6.56. The monoisotopic (exact) mass is 198 g/mol. The molecule has 0 saturated heterocycles. The minimum Gasteiger partial charge on any atom is -0.395 e. The van der Waals surface area contributed by atoms with E-state index in [4.69, 9.17) is 5.11 Å². The highest BCUT2D eigenvalue weighted by Crippen LogP contribution is 2.13. The van der Waals surface area contributed by atoms with Gasteiger partial charge in [-0.2, -0.15) is 0 Å². The lowest BCUT2D eigenvalue weighted by molar-refractivity contribution is -0.385. The Morgan fingerprint density at radius 1 is 1.64 bits per heavy atom.